The van der Waals surface area contributed by atoms with E-state index in [2.05, 4.69) is 5.32 Å². The molecule has 0 heterocycles. The van der Waals surface area contributed by atoms with E-state index in [-0.39, 0.29) is 15.6 Å². The number of rotatable bonds is 4. The monoisotopic (exact) mass is 285 g/mol. The fourth-order valence-corrected chi connectivity index (χ4v) is 1.89. The number of thioether (sulfide) groups is 1. The molecule has 0 saturated heterocycles. The van der Waals surface area contributed by atoms with Crippen molar-refractivity contribution in [2.45, 2.75) is 0 Å². The zero-order valence-electron chi connectivity index (χ0n) is 9.33. The topological polar surface area (TPSA) is 78.9 Å². The smallest absolute Gasteiger partial charge is 0.262 e. The summed E-state index contributed by atoms with van der Waals surface area (Å²) in [5.74, 6) is -1.38. The molecule has 0 atom stereocenters. The molecular weight excluding hydrogens is 277 g/mol. The van der Waals surface area contributed by atoms with Crippen LogP contribution in [0.1, 0.15) is 0 Å². The van der Waals surface area contributed by atoms with E-state index in [0.717, 1.165) is 11.8 Å². The van der Waals surface area contributed by atoms with Gasteiger partial charge in [-0.1, -0.05) is 11.6 Å². The van der Waals surface area contributed by atoms with E-state index in [1.54, 1.807) is 12.3 Å². The van der Waals surface area contributed by atoms with E-state index in [4.69, 9.17) is 22.6 Å². The molecule has 0 aromatic heterocycles. The first-order valence-electron chi connectivity index (χ1n) is 4.69. The van der Waals surface area contributed by atoms with E-state index in [0.29, 0.717) is 5.69 Å². The fourth-order valence-electron chi connectivity index (χ4n) is 1.14. The lowest BCUT2D eigenvalue weighted by Crippen LogP contribution is -2.16. The van der Waals surface area contributed by atoms with Gasteiger partial charge in [0.1, 0.15) is 17.5 Å². The normalized spacial score (nSPS) is 11.4. The van der Waals surface area contributed by atoms with Crippen molar-refractivity contribution in [3.05, 3.63) is 39.6 Å². The molecule has 1 amide bonds. The molecule has 3 N–H and O–H groups in total. The van der Waals surface area contributed by atoms with Crippen LogP contribution in [0.4, 0.5) is 10.1 Å². The number of primary amides is 1. The molecule has 4 nitrogen and oxygen atoms in total. The average Bonchev–Trinajstić information content (AvgIpc) is 2.33. The molecule has 94 valence electrons. The zero-order valence-corrected chi connectivity index (χ0v) is 10.9. The molecule has 0 aliphatic rings. The van der Waals surface area contributed by atoms with Gasteiger partial charge in [0.05, 0.1) is 10.1 Å². The third kappa shape index (κ3) is 3.39. The number of hydrogen-bond acceptors (Lipinski definition) is 4. The minimum Gasteiger partial charge on any atom is -0.365 e. The van der Waals surface area contributed by atoms with Crippen molar-refractivity contribution >= 4 is 35.0 Å². The number of nitrogens with one attached hydrogen (secondary N) is 1. The highest BCUT2D eigenvalue weighted by atomic mass is 35.5. The van der Waals surface area contributed by atoms with Gasteiger partial charge in [-0.15, -0.1) is 11.8 Å². The van der Waals surface area contributed by atoms with Crippen LogP contribution in [0.5, 0.6) is 0 Å². The molecule has 7 heteroatoms. The summed E-state index contributed by atoms with van der Waals surface area (Å²) < 4.78 is 13.0. The molecule has 0 aliphatic carbocycles. The number of amides is 1. The first-order valence-corrected chi connectivity index (χ1v) is 6.30. The SMILES string of the molecule is CSC(Nc1ccc(F)c(Cl)c1)=C(C#N)C(N)=O. The van der Waals surface area contributed by atoms with E-state index >= 15 is 0 Å². The van der Waals surface area contributed by atoms with Gasteiger partial charge in [-0.3, -0.25) is 4.79 Å². The maximum atomic E-state index is 13.0. The Morgan fingerprint density at radius 3 is 2.72 bits per heavy atom. The summed E-state index contributed by atoms with van der Waals surface area (Å²) in [6.07, 6.45) is 1.67. The summed E-state index contributed by atoms with van der Waals surface area (Å²) in [5.41, 5.74) is 5.34. The largest absolute Gasteiger partial charge is 0.365 e. The van der Waals surface area contributed by atoms with Gasteiger partial charge < -0.3 is 11.1 Å². The lowest BCUT2D eigenvalue weighted by Gasteiger charge is -2.10. The predicted molar refractivity (Wildman–Crippen MR) is 70.4 cm³/mol. The third-order valence-electron chi connectivity index (χ3n) is 1.97. The van der Waals surface area contributed by atoms with Crippen LogP contribution in [0.2, 0.25) is 5.02 Å². The van der Waals surface area contributed by atoms with Gasteiger partial charge in [-0.25, -0.2) is 4.39 Å². The molecule has 0 spiro atoms. The van der Waals surface area contributed by atoms with E-state index < -0.39 is 11.7 Å². The van der Waals surface area contributed by atoms with Gasteiger partial charge in [-0.2, -0.15) is 5.26 Å². The van der Waals surface area contributed by atoms with E-state index in [9.17, 15) is 9.18 Å². The first kappa shape index (κ1) is 14.4. The molecule has 1 aromatic carbocycles. The Balaban J connectivity index is 3.10. The van der Waals surface area contributed by atoms with Gasteiger partial charge >= 0.3 is 0 Å². The molecular formula is C11H9ClFN3OS. The van der Waals surface area contributed by atoms with Crippen LogP contribution in [0, 0.1) is 17.1 Å². The number of halogens is 2. The van der Waals surface area contributed by atoms with E-state index in [1.807, 2.05) is 0 Å². The van der Waals surface area contributed by atoms with Crippen LogP contribution in [0.25, 0.3) is 0 Å². The number of benzene rings is 1. The Labute approximate surface area is 113 Å². The second-order valence-electron chi connectivity index (χ2n) is 3.14. The van der Waals surface area contributed by atoms with Crippen molar-refractivity contribution in [2.24, 2.45) is 5.73 Å². The summed E-state index contributed by atoms with van der Waals surface area (Å²) in [6.45, 7) is 0. The van der Waals surface area contributed by atoms with Crippen LogP contribution in [0.3, 0.4) is 0 Å². The van der Waals surface area contributed by atoms with Crippen molar-refractivity contribution in [3.63, 3.8) is 0 Å². The highest BCUT2D eigenvalue weighted by Crippen LogP contribution is 2.24. The number of carbonyl (C=O) groups is 1. The van der Waals surface area contributed by atoms with Crippen LogP contribution < -0.4 is 11.1 Å². The Morgan fingerprint density at radius 1 is 1.61 bits per heavy atom. The Kier molecular flexibility index (Phi) is 5.01. The molecule has 0 saturated carbocycles. The quantitative estimate of drug-likeness (QED) is 0.658. The number of carbonyl (C=O) groups excluding carboxylic acids is 1. The molecule has 0 unspecified atom stereocenters. The van der Waals surface area contributed by atoms with Crippen molar-refractivity contribution in [3.8, 4) is 6.07 Å². The Hall–Kier alpha value is -1.71. The summed E-state index contributed by atoms with van der Waals surface area (Å²) in [4.78, 5) is 11.0. The van der Waals surface area contributed by atoms with Crippen LogP contribution in [-0.4, -0.2) is 12.2 Å². The molecule has 0 fully saturated rings. The maximum absolute atomic E-state index is 13.0. The minimum atomic E-state index is -0.831. The summed E-state index contributed by atoms with van der Waals surface area (Å²) in [7, 11) is 0. The maximum Gasteiger partial charge on any atom is 0.262 e. The van der Waals surface area contributed by atoms with Gasteiger partial charge in [0.15, 0.2) is 0 Å². The molecule has 0 radical (unpaired) electrons. The number of nitrogens with zero attached hydrogens (tertiary/aromatic N) is 1. The lowest BCUT2D eigenvalue weighted by molar-refractivity contribution is -0.114. The van der Waals surface area contributed by atoms with Gasteiger partial charge in [0.2, 0.25) is 0 Å². The highest BCUT2D eigenvalue weighted by molar-refractivity contribution is 8.02. The predicted octanol–water partition coefficient (Wildman–Crippen LogP) is 2.47. The number of anilines is 1. The molecule has 1 rings (SSSR count). The third-order valence-corrected chi connectivity index (χ3v) is 2.97. The molecule has 0 bridgehead atoms. The van der Waals surface area contributed by atoms with Crippen molar-refractivity contribution in [1.29, 1.82) is 5.26 Å². The van der Waals surface area contributed by atoms with Crippen LogP contribution in [0.15, 0.2) is 28.8 Å². The number of nitrogens with two attached hydrogens (primary N) is 1. The number of hydrogen-bond donors (Lipinski definition) is 2. The van der Waals surface area contributed by atoms with Crippen LogP contribution >= 0.6 is 23.4 Å². The fraction of sp³-hybridized carbons (Fsp3) is 0.0909. The lowest BCUT2D eigenvalue weighted by atomic mass is 10.3. The van der Waals surface area contributed by atoms with E-state index in [1.165, 1.54) is 18.2 Å². The average molecular weight is 286 g/mol. The molecule has 18 heavy (non-hydrogen) atoms. The second kappa shape index (κ2) is 6.28. The minimum absolute atomic E-state index is 0.0574. The highest BCUT2D eigenvalue weighted by Gasteiger charge is 2.12. The first-order chi connectivity index (χ1) is 8.49. The number of nitriles is 1. The van der Waals surface area contributed by atoms with Crippen molar-refractivity contribution in [1.82, 2.24) is 0 Å². The summed E-state index contributed by atoms with van der Waals surface area (Å²) >= 11 is 6.77. The van der Waals surface area contributed by atoms with Gasteiger partial charge in [-0.05, 0) is 24.5 Å². The van der Waals surface area contributed by atoms with Crippen molar-refractivity contribution in [2.75, 3.05) is 11.6 Å². The summed E-state index contributed by atoms with van der Waals surface area (Å²) in [5, 5.41) is 11.9. The Morgan fingerprint density at radius 2 is 2.28 bits per heavy atom. The second-order valence-corrected chi connectivity index (χ2v) is 4.36. The molecule has 1 aromatic rings. The van der Waals surface area contributed by atoms with Crippen molar-refractivity contribution < 1.29 is 9.18 Å². The zero-order chi connectivity index (χ0) is 13.7. The summed E-state index contributed by atoms with van der Waals surface area (Å²) in [6, 6.07) is 5.68. The van der Waals surface area contributed by atoms with Gasteiger partial charge in [0, 0.05) is 5.69 Å². The van der Waals surface area contributed by atoms with Crippen LogP contribution in [-0.2, 0) is 4.79 Å². The van der Waals surface area contributed by atoms with Gasteiger partial charge in [0.25, 0.3) is 5.91 Å². The standard InChI is InChI=1S/C11H9ClFN3OS/c1-18-11(7(5-14)10(15)17)16-6-2-3-9(13)8(12)4-6/h2-4,16H,1H3,(H2,15,17). The molecule has 0 aliphatic heterocycles. The Bertz CT molecular complexity index is 554.